The van der Waals surface area contributed by atoms with Gasteiger partial charge in [-0.2, -0.15) is 0 Å². The van der Waals surface area contributed by atoms with E-state index < -0.39 is 17.5 Å². The maximum atomic E-state index is 12.7. The average Bonchev–Trinajstić information content (AvgIpc) is 3.08. The number of rotatable bonds is 4. The second-order valence-corrected chi connectivity index (χ2v) is 5.91. The van der Waals surface area contributed by atoms with Crippen LogP contribution in [-0.4, -0.2) is 58.0 Å². The van der Waals surface area contributed by atoms with Gasteiger partial charge in [-0.3, -0.25) is 9.69 Å². The number of nitrogens with zero attached hydrogens (tertiary/aromatic N) is 2. The number of carboxylic acid groups (broad SMARTS) is 1. The molecule has 1 aromatic heterocycles. The Kier molecular flexibility index (Phi) is 3.85. The van der Waals surface area contributed by atoms with Gasteiger partial charge in [-0.1, -0.05) is 6.92 Å². The zero-order valence-corrected chi connectivity index (χ0v) is 12.9. The van der Waals surface area contributed by atoms with Crippen molar-refractivity contribution in [3.63, 3.8) is 0 Å². The van der Waals surface area contributed by atoms with Gasteiger partial charge in [0.25, 0.3) is 5.91 Å². The highest BCUT2D eigenvalue weighted by molar-refractivity contribution is 6.07. The smallest absolute Gasteiger partial charge is 0.371 e. The number of furan rings is 1. The van der Waals surface area contributed by atoms with E-state index in [0.717, 1.165) is 24.5 Å². The lowest BCUT2D eigenvalue weighted by Gasteiger charge is -2.36. The molecule has 3 heterocycles. The molecule has 8 heteroatoms. The number of carbonyl (C=O) groups excluding carboxylic acids is 2. The highest BCUT2D eigenvalue weighted by Gasteiger charge is 2.52. The van der Waals surface area contributed by atoms with Crippen molar-refractivity contribution in [2.75, 3.05) is 19.6 Å². The number of urea groups is 1. The quantitative estimate of drug-likeness (QED) is 0.798. The summed E-state index contributed by atoms with van der Waals surface area (Å²) in [6.07, 6.45) is 1.17. The Labute approximate surface area is 133 Å². The fourth-order valence-corrected chi connectivity index (χ4v) is 3.14. The van der Waals surface area contributed by atoms with Crippen molar-refractivity contribution in [3.8, 4) is 0 Å². The molecule has 2 aliphatic heterocycles. The second-order valence-electron chi connectivity index (χ2n) is 5.91. The molecule has 0 atom stereocenters. The average molecular weight is 321 g/mol. The zero-order chi connectivity index (χ0) is 16.6. The number of hydrogen-bond acceptors (Lipinski definition) is 5. The summed E-state index contributed by atoms with van der Waals surface area (Å²) in [7, 11) is 0. The van der Waals surface area contributed by atoms with Crippen molar-refractivity contribution in [2.24, 2.45) is 0 Å². The van der Waals surface area contributed by atoms with Crippen molar-refractivity contribution >= 4 is 17.9 Å². The molecule has 0 aromatic carbocycles. The first-order valence-corrected chi connectivity index (χ1v) is 7.63. The Bertz CT molecular complexity index is 645. The predicted molar refractivity (Wildman–Crippen MR) is 78.8 cm³/mol. The summed E-state index contributed by atoms with van der Waals surface area (Å²) in [5.74, 6) is -1.38. The minimum absolute atomic E-state index is 0.0583. The Morgan fingerprint density at radius 2 is 2.04 bits per heavy atom. The number of imide groups is 1. The Hall–Kier alpha value is -2.35. The molecule has 3 rings (SSSR count). The molecular weight excluding hydrogens is 302 g/mol. The molecule has 0 radical (unpaired) electrons. The number of carbonyl (C=O) groups is 3. The van der Waals surface area contributed by atoms with Crippen molar-refractivity contribution in [2.45, 2.75) is 31.8 Å². The van der Waals surface area contributed by atoms with Gasteiger partial charge in [-0.05, 0) is 31.5 Å². The number of carboxylic acids is 1. The first-order chi connectivity index (χ1) is 10.9. The topological polar surface area (TPSA) is 103 Å². The number of aromatic carboxylic acids is 1. The van der Waals surface area contributed by atoms with Gasteiger partial charge in [-0.15, -0.1) is 0 Å². The highest BCUT2D eigenvalue weighted by Crippen LogP contribution is 2.30. The van der Waals surface area contributed by atoms with Gasteiger partial charge in [0.2, 0.25) is 5.76 Å². The molecule has 3 amide bonds. The lowest BCUT2D eigenvalue weighted by atomic mass is 9.87. The molecule has 0 aliphatic carbocycles. The molecule has 2 aliphatic rings. The molecule has 2 fully saturated rings. The number of hydrogen-bond donors (Lipinski definition) is 2. The van der Waals surface area contributed by atoms with Crippen LogP contribution in [0.1, 0.15) is 36.1 Å². The summed E-state index contributed by atoms with van der Waals surface area (Å²) < 4.78 is 5.13. The molecule has 8 nitrogen and oxygen atoms in total. The van der Waals surface area contributed by atoms with E-state index in [1.165, 1.54) is 12.1 Å². The van der Waals surface area contributed by atoms with E-state index in [2.05, 4.69) is 17.1 Å². The number of piperidine rings is 1. The molecule has 0 bridgehead atoms. The first-order valence-electron chi connectivity index (χ1n) is 7.63. The minimum atomic E-state index is -1.18. The minimum Gasteiger partial charge on any atom is -0.475 e. The highest BCUT2D eigenvalue weighted by atomic mass is 16.4. The van der Waals surface area contributed by atoms with Gasteiger partial charge in [0, 0.05) is 13.1 Å². The van der Waals surface area contributed by atoms with Crippen LogP contribution >= 0.6 is 0 Å². The predicted octanol–water partition coefficient (Wildman–Crippen LogP) is 0.884. The van der Waals surface area contributed by atoms with Crippen LogP contribution in [0, 0.1) is 0 Å². The van der Waals surface area contributed by atoms with Crippen LogP contribution in [0.3, 0.4) is 0 Å². The SMILES string of the molecule is CCN1CCC2(CC1)NC(=O)N(Cc1ccc(C(=O)O)o1)C2=O. The van der Waals surface area contributed by atoms with Gasteiger partial charge in [-0.25, -0.2) is 9.59 Å². The molecule has 0 saturated carbocycles. The largest absolute Gasteiger partial charge is 0.475 e. The van der Waals surface area contributed by atoms with E-state index in [9.17, 15) is 14.4 Å². The molecule has 1 aromatic rings. The Morgan fingerprint density at radius 3 is 2.61 bits per heavy atom. The molecule has 2 saturated heterocycles. The van der Waals surface area contributed by atoms with Gasteiger partial charge < -0.3 is 19.7 Å². The number of nitrogens with one attached hydrogen (secondary N) is 1. The Morgan fingerprint density at radius 1 is 1.35 bits per heavy atom. The monoisotopic (exact) mass is 321 g/mol. The van der Waals surface area contributed by atoms with E-state index in [1.807, 2.05) is 0 Å². The maximum Gasteiger partial charge on any atom is 0.371 e. The molecule has 0 unspecified atom stereocenters. The van der Waals surface area contributed by atoms with Crippen LogP contribution in [-0.2, 0) is 11.3 Å². The second kappa shape index (κ2) is 5.69. The van der Waals surface area contributed by atoms with Crippen molar-refractivity contribution < 1.29 is 23.9 Å². The molecular formula is C15H19N3O5. The van der Waals surface area contributed by atoms with Crippen molar-refractivity contribution in [3.05, 3.63) is 23.7 Å². The summed E-state index contributed by atoms with van der Waals surface area (Å²) in [5, 5.41) is 11.7. The molecule has 2 N–H and O–H groups in total. The van der Waals surface area contributed by atoms with E-state index >= 15 is 0 Å². The third kappa shape index (κ3) is 2.70. The fourth-order valence-electron chi connectivity index (χ4n) is 3.14. The van der Waals surface area contributed by atoms with E-state index in [0.29, 0.717) is 12.8 Å². The standard InChI is InChI=1S/C15H19N3O5/c1-2-17-7-5-15(6-8-17)13(21)18(14(22)16-15)9-10-3-4-11(23-10)12(19)20/h3-4H,2,5-9H2,1H3,(H,16,22)(H,19,20). The van der Waals surface area contributed by atoms with Crippen LogP contribution in [0.25, 0.3) is 0 Å². The van der Waals surface area contributed by atoms with Crippen LogP contribution in [0.2, 0.25) is 0 Å². The lowest BCUT2D eigenvalue weighted by molar-refractivity contribution is -0.133. The maximum absolute atomic E-state index is 12.7. The summed E-state index contributed by atoms with van der Waals surface area (Å²) in [6.45, 7) is 4.46. The van der Waals surface area contributed by atoms with Crippen LogP contribution in [0.5, 0.6) is 0 Å². The first kappa shape index (κ1) is 15.5. The van der Waals surface area contributed by atoms with Gasteiger partial charge in [0.1, 0.15) is 11.3 Å². The third-order valence-electron chi connectivity index (χ3n) is 4.59. The van der Waals surface area contributed by atoms with Crippen molar-refractivity contribution in [1.82, 2.24) is 15.1 Å². The van der Waals surface area contributed by atoms with E-state index in [1.54, 1.807) is 0 Å². The fraction of sp³-hybridized carbons (Fsp3) is 0.533. The summed E-state index contributed by atoms with van der Waals surface area (Å²) in [6, 6.07) is 2.33. The third-order valence-corrected chi connectivity index (χ3v) is 4.59. The molecule has 1 spiro atoms. The number of amides is 3. The van der Waals surface area contributed by atoms with E-state index in [4.69, 9.17) is 9.52 Å². The molecule has 23 heavy (non-hydrogen) atoms. The van der Waals surface area contributed by atoms with Crippen LogP contribution in [0.15, 0.2) is 16.5 Å². The van der Waals surface area contributed by atoms with Crippen molar-refractivity contribution in [1.29, 1.82) is 0 Å². The summed E-state index contributed by atoms with van der Waals surface area (Å²) in [4.78, 5) is 39.0. The van der Waals surface area contributed by atoms with Gasteiger partial charge in [0.05, 0.1) is 6.54 Å². The summed E-state index contributed by atoms with van der Waals surface area (Å²) >= 11 is 0. The molecule has 124 valence electrons. The van der Waals surface area contributed by atoms with Crippen LogP contribution < -0.4 is 5.32 Å². The van der Waals surface area contributed by atoms with Gasteiger partial charge >= 0.3 is 12.0 Å². The Balaban J connectivity index is 1.72. The van der Waals surface area contributed by atoms with Crippen LogP contribution in [0.4, 0.5) is 4.79 Å². The van der Waals surface area contributed by atoms with Gasteiger partial charge in [0.15, 0.2) is 0 Å². The number of likely N-dealkylation sites (tertiary alicyclic amines) is 1. The summed E-state index contributed by atoms with van der Waals surface area (Å²) in [5.41, 5.74) is -0.828. The zero-order valence-electron chi connectivity index (χ0n) is 12.9. The lowest BCUT2D eigenvalue weighted by Crippen LogP contribution is -2.54. The van der Waals surface area contributed by atoms with E-state index in [-0.39, 0.29) is 24.0 Å². The normalized spacial score (nSPS) is 21.0.